The second-order valence-corrected chi connectivity index (χ2v) is 10.9. The minimum absolute atomic E-state index is 0.0219. The van der Waals surface area contributed by atoms with E-state index in [-0.39, 0.29) is 43.0 Å². The smallest absolute Gasteiger partial charge is 0.333 e. The molecule has 4 rings (SSSR count). The Hall–Kier alpha value is -4.40. The average Bonchev–Trinajstić information content (AvgIpc) is 3.41. The monoisotopic (exact) mass is 586 g/mol. The van der Waals surface area contributed by atoms with Crippen LogP contribution in [-0.4, -0.2) is 60.8 Å². The molecule has 2 unspecified atom stereocenters. The van der Waals surface area contributed by atoms with Gasteiger partial charge in [-0.25, -0.2) is 9.59 Å². The zero-order chi connectivity index (χ0) is 31.0. The fourth-order valence-electron chi connectivity index (χ4n) is 5.00. The van der Waals surface area contributed by atoms with E-state index in [1.165, 1.54) is 11.1 Å². The third kappa shape index (κ3) is 8.12. The number of carbonyl (C=O) groups excluding carboxylic acids is 2. The van der Waals surface area contributed by atoms with Crippen molar-refractivity contribution in [2.75, 3.05) is 26.4 Å². The molecule has 2 atom stereocenters. The molecule has 1 aliphatic carbocycles. The van der Waals surface area contributed by atoms with Gasteiger partial charge >= 0.3 is 11.9 Å². The standard InChI is InChI=1S/C35H38O8/c1-23(2)33(38)42-21-29(36)19-40-31-13-9-27(10-14-31)35(17-25-7-5-6-8-26(25)18-35)28-11-15-32(16-12-28)41-20-30(37)22-43-34(39)24(3)4/h5-16,29-30,36-37H,1,3,17-22H2,2,4H3. The number of benzene rings is 3. The first-order valence-electron chi connectivity index (χ1n) is 14.1. The van der Waals surface area contributed by atoms with Crippen LogP contribution in [0.4, 0.5) is 0 Å². The van der Waals surface area contributed by atoms with Crippen molar-refractivity contribution in [3.8, 4) is 11.5 Å². The minimum Gasteiger partial charge on any atom is -0.491 e. The number of aliphatic hydroxyl groups is 2. The summed E-state index contributed by atoms with van der Waals surface area (Å²) in [4.78, 5) is 23.1. The fourth-order valence-corrected chi connectivity index (χ4v) is 5.00. The number of rotatable bonds is 14. The molecule has 1 aliphatic rings. The first-order chi connectivity index (χ1) is 20.6. The SMILES string of the molecule is C=C(C)C(=O)OCC(O)COc1ccc(C2(c3ccc(OCC(O)COC(=O)C(=C)C)cc3)Cc3ccccc3C2)cc1. The highest BCUT2D eigenvalue weighted by Gasteiger charge is 2.40. The van der Waals surface area contributed by atoms with Gasteiger partial charge in [-0.3, -0.25) is 0 Å². The van der Waals surface area contributed by atoms with E-state index in [4.69, 9.17) is 18.9 Å². The lowest BCUT2D eigenvalue weighted by Crippen LogP contribution is -2.29. The second-order valence-electron chi connectivity index (χ2n) is 10.9. The van der Waals surface area contributed by atoms with Crippen molar-refractivity contribution in [3.63, 3.8) is 0 Å². The number of hydrogen-bond acceptors (Lipinski definition) is 8. The predicted octanol–water partition coefficient (Wildman–Crippen LogP) is 4.49. The lowest BCUT2D eigenvalue weighted by atomic mass is 9.72. The number of carbonyl (C=O) groups is 2. The van der Waals surface area contributed by atoms with Gasteiger partial charge < -0.3 is 29.2 Å². The first kappa shape index (κ1) is 31.5. The van der Waals surface area contributed by atoms with Gasteiger partial charge in [-0.2, -0.15) is 0 Å². The third-order valence-electron chi connectivity index (χ3n) is 7.31. The number of aliphatic hydroxyl groups excluding tert-OH is 2. The number of hydrogen-bond donors (Lipinski definition) is 2. The summed E-state index contributed by atoms with van der Waals surface area (Å²) in [5, 5.41) is 20.3. The Morgan fingerprint density at radius 1 is 0.674 bits per heavy atom. The molecule has 2 N–H and O–H groups in total. The van der Waals surface area contributed by atoms with Crippen molar-refractivity contribution in [2.45, 2.75) is 44.3 Å². The fraction of sp³-hybridized carbons (Fsp3) is 0.314. The van der Waals surface area contributed by atoms with E-state index in [9.17, 15) is 19.8 Å². The summed E-state index contributed by atoms with van der Waals surface area (Å²) in [6, 6.07) is 24.1. The normalized spacial score (nSPS) is 14.6. The van der Waals surface area contributed by atoms with Crippen LogP contribution in [-0.2, 0) is 37.3 Å². The van der Waals surface area contributed by atoms with Crippen LogP contribution in [0.2, 0.25) is 0 Å². The minimum atomic E-state index is -0.966. The Labute approximate surface area is 252 Å². The molecule has 0 aromatic heterocycles. The molecule has 43 heavy (non-hydrogen) atoms. The molecular formula is C35H38O8. The summed E-state index contributed by atoms with van der Waals surface area (Å²) in [5.74, 6) is 0.0851. The molecule has 226 valence electrons. The Morgan fingerprint density at radius 2 is 1.05 bits per heavy atom. The molecule has 0 saturated heterocycles. The van der Waals surface area contributed by atoms with Gasteiger partial charge in [0, 0.05) is 16.6 Å². The predicted molar refractivity (Wildman–Crippen MR) is 162 cm³/mol. The molecule has 0 amide bonds. The average molecular weight is 587 g/mol. The Kier molecular flexibility index (Phi) is 10.4. The number of fused-ring (bicyclic) bond motifs is 1. The van der Waals surface area contributed by atoms with E-state index >= 15 is 0 Å². The van der Waals surface area contributed by atoms with Crippen molar-refractivity contribution in [1.29, 1.82) is 0 Å². The highest BCUT2D eigenvalue weighted by molar-refractivity contribution is 5.87. The van der Waals surface area contributed by atoms with Crippen LogP contribution in [0.3, 0.4) is 0 Å². The number of esters is 2. The second kappa shape index (κ2) is 14.2. The Morgan fingerprint density at radius 3 is 1.40 bits per heavy atom. The summed E-state index contributed by atoms with van der Waals surface area (Å²) < 4.78 is 21.5. The van der Waals surface area contributed by atoms with Crippen LogP contribution in [0.15, 0.2) is 97.1 Å². The van der Waals surface area contributed by atoms with E-state index in [0.717, 1.165) is 24.0 Å². The maximum atomic E-state index is 11.5. The molecule has 0 radical (unpaired) electrons. The lowest BCUT2D eigenvalue weighted by molar-refractivity contribution is -0.143. The van der Waals surface area contributed by atoms with Crippen molar-refractivity contribution >= 4 is 11.9 Å². The topological polar surface area (TPSA) is 112 Å². The van der Waals surface area contributed by atoms with Crippen LogP contribution in [0, 0.1) is 0 Å². The van der Waals surface area contributed by atoms with Crippen molar-refractivity contribution in [1.82, 2.24) is 0 Å². The molecule has 0 fully saturated rings. The van der Waals surface area contributed by atoms with Crippen LogP contribution in [0.5, 0.6) is 11.5 Å². The zero-order valence-corrected chi connectivity index (χ0v) is 24.6. The first-order valence-corrected chi connectivity index (χ1v) is 14.1. The van der Waals surface area contributed by atoms with E-state index in [2.05, 4.69) is 37.4 Å². The summed E-state index contributed by atoms with van der Waals surface area (Å²) >= 11 is 0. The maximum absolute atomic E-state index is 11.5. The summed E-state index contributed by atoms with van der Waals surface area (Å²) in [6.45, 7) is 9.75. The van der Waals surface area contributed by atoms with E-state index < -0.39 is 24.1 Å². The summed E-state index contributed by atoms with van der Waals surface area (Å²) in [7, 11) is 0. The molecule has 0 bridgehead atoms. The van der Waals surface area contributed by atoms with Gasteiger partial charge in [0.1, 0.15) is 50.1 Å². The summed E-state index contributed by atoms with van der Waals surface area (Å²) in [6.07, 6.45) is -0.287. The van der Waals surface area contributed by atoms with Gasteiger partial charge in [0.15, 0.2) is 0 Å². The van der Waals surface area contributed by atoms with Crippen LogP contribution < -0.4 is 9.47 Å². The molecule has 3 aromatic rings. The van der Waals surface area contributed by atoms with Crippen LogP contribution in [0.1, 0.15) is 36.1 Å². The molecule has 0 heterocycles. The van der Waals surface area contributed by atoms with Gasteiger partial charge in [-0.05, 0) is 73.2 Å². The van der Waals surface area contributed by atoms with E-state index in [1.807, 2.05) is 48.5 Å². The molecule has 8 nitrogen and oxygen atoms in total. The molecular weight excluding hydrogens is 548 g/mol. The van der Waals surface area contributed by atoms with Gasteiger partial charge in [-0.1, -0.05) is 61.7 Å². The summed E-state index contributed by atoms with van der Waals surface area (Å²) in [5.41, 5.74) is 5.06. The van der Waals surface area contributed by atoms with Crippen LogP contribution in [0.25, 0.3) is 0 Å². The molecule has 8 heteroatoms. The molecule has 0 aliphatic heterocycles. The van der Waals surface area contributed by atoms with Crippen molar-refractivity contribution in [2.24, 2.45) is 0 Å². The Bertz CT molecular complexity index is 1330. The van der Waals surface area contributed by atoms with Crippen molar-refractivity contribution in [3.05, 3.63) is 119 Å². The Balaban J connectivity index is 1.44. The van der Waals surface area contributed by atoms with Crippen LogP contribution >= 0.6 is 0 Å². The third-order valence-corrected chi connectivity index (χ3v) is 7.31. The highest BCUT2D eigenvalue weighted by Crippen LogP contribution is 2.45. The van der Waals surface area contributed by atoms with Gasteiger partial charge in [0.2, 0.25) is 0 Å². The van der Waals surface area contributed by atoms with E-state index in [1.54, 1.807) is 13.8 Å². The van der Waals surface area contributed by atoms with E-state index in [0.29, 0.717) is 11.5 Å². The largest absolute Gasteiger partial charge is 0.491 e. The quantitative estimate of drug-likeness (QED) is 0.210. The van der Waals surface area contributed by atoms with Gasteiger partial charge in [-0.15, -0.1) is 0 Å². The molecule has 0 saturated carbocycles. The van der Waals surface area contributed by atoms with Gasteiger partial charge in [0.05, 0.1) is 0 Å². The number of ether oxygens (including phenoxy) is 4. The lowest BCUT2D eigenvalue weighted by Gasteiger charge is -2.31. The molecule has 0 spiro atoms. The van der Waals surface area contributed by atoms with Crippen molar-refractivity contribution < 1.29 is 38.7 Å². The van der Waals surface area contributed by atoms with Gasteiger partial charge in [0.25, 0.3) is 0 Å². The molecule has 3 aromatic carbocycles. The maximum Gasteiger partial charge on any atom is 0.333 e. The zero-order valence-electron chi connectivity index (χ0n) is 24.6. The highest BCUT2D eigenvalue weighted by atomic mass is 16.6.